The minimum Gasteiger partial charge on any atom is -0.365 e. The Morgan fingerprint density at radius 2 is 2.24 bits per heavy atom. The van der Waals surface area contributed by atoms with Crippen molar-refractivity contribution in [2.45, 2.75) is 51.0 Å². The van der Waals surface area contributed by atoms with E-state index in [0.717, 1.165) is 23.5 Å². The fourth-order valence-electron chi connectivity index (χ4n) is 1.80. The maximum Gasteiger partial charge on any atom is 0.156 e. The Hall–Kier alpha value is 0.170. The number of hydrogen-bond acceptors (Lipinski definition) is 4. The molecule has 2 atom stereocenters. The summed E-state index contributed by atoms with van der Waals surface area (Å²) in [7, 11) is 0. The number of nitrogens with one attached hydrogen (secondary N) is 1. The van der Waals surface area contributed by atoms with Gasteiger partial charge < -0.3 is 5.32 Å². The van der Waals surface area contributed by atoms with Gasteiger partial charge in [-0.3, -0.25) is 4.99 Å². The van der Waals surface area contributed by atoms with E-state index in [1.54, 1.807) is 0 Å². The van der Waals surface area contributed by atoms with Crippen LogP contribution in [0.3, 0.4) is 0 Å². The fraction of sp³-hybridized carbons (Fsp3) is 0.923. The van der Waals surface area contributed by atoms with E-state index in [1.165, 1.54) is 12.8 Å². The molecule has 0 saturated carbocycles. The highest BCUT2D eigenvalue weighted by Gasteiger charge is 2.24. The molecule has 0 saturated heterocycles. The van der Waals surface area contributed by atoms with Crippen molar-refractivity contribution in [2.75, 3.05) is 19.3 Å². The highest BCUT2D eigenvalue weighted by Crippen LogP contribution is 2.31. The van der Waals surface area contributed by atoms with Gasteiger partial charge >= 0.3 is 0 Å². The van der Waals surface area contributed by atoms with Crippen LogP contribution in [-0.2, 0) is 0 Å². The van der Waals surface area contributed by atoms with Crippen molar-refractivity contribution in [2.24, 2.45) is 10.4 Å². The van der Waals surface area contributed by atoms with E-state index in [9.17, 15) is 0 Å². The summed E-state index contributed by atoms with van der Waals surface area (Å²) < 4.78 is 0. The second-order valence-electron chi connectivity index (χ2n) is 5.91. The summed E-state index contributed by atoms with van der Waals surface area (Å²) in [5.74, 6) is 0. The maximum atomic E-state index is 4.59. The van der Waals surface area contributed by atoms with Gasteiger partial charge in [0, 0.05) is 17.0 Å². The van der Waals surface area contributed by atoms with Crippen molar-refractivity contribution >= 4 is 28.7 Å². The first-order chi connectivity index (χ1) is 7.90. The lowest BCUT2D eigenvalue weighted by Crippen LogP contribution is -2.23. The summed E-state index contributed by atoms with van der Waals surface area (Å²) >= 11 is 3.86. The summed E-state index contributed by atoms with van der Waals surface area (Å²) in [5, 5.41) is 6.03. The van der Waals surface area contributed by atoms with E-state index in [4.69, 9.17) is 0 Å². The van der Waals surface area contributed by atoms with Gasteiger partial charge in [-0.15, -0.1) is 0 Å². The average molecular weight is 274 g/mol. The summed E-state index contributed by atoms with van der Waals surface area (Å²) in [6.45, 7) is 11.2. The van der Waals surface area contributed by atoms with E-state index in [0.29, 0.717) is 10.7 Å². The number of hydrogen-bond donors (Lipinski definition) is 1. The lowest BCUT2D eigenvalue weighted by molar-refractivity contribution is 0.375. The molecule has 1 aliphatic heterocycles. The van der Waals surface area contributed by atoms with Gasteiger partial charge in [-0.05, 0) is 24.5 Å². The van der Waals surface area contributed by atoms with Gasteiger partial charge in [0.2, 0.25) is 0 Å². The lowest BCUT2D eigenvalue weighted by atomic mass is 9.90. The van der Waals surface area contributed by atoms with Crippen LogP contribution in [0.1, 0.15) is 40.5 Å². The van der Waals surface area contributed by atoms with Crippen molar-refractivity contribution in [1.82, 2.24) is 5.32 Å². The highest BCUT2D eigenvalue weighted by molar-refractivity contribution is 8.14. The molecule has 2 nitrogen and oxygen atoms in total. The molecule has 1 aliphatic rings. The SMILES string of the molecule is CSC(C)CCNC1=NCC(CC(C)(C)C)S1. The number of nitrogens with zero attached hydrogens (tertiary/aromatic N) is 1. The van der Waals surface area contributed by atoms with Crippen molar-refractivity contribution in [3.05, 3.63) is 0 Å². The van der Waals surface area contributed by atoms with Crippen molar-refractivity contribution in [1.29, 1.82) is 0 Å². The molecule has 0 aliphatic carbocycles. The molecule has 4 heteroatoms. The first-order valence-electron chi connectivity index (χ1n) is 6.38. The van der Waals surface area contributed by atoms with Crippen LogP contribution < -0.4 is 5.32 Å². The topological polar surface area (TPSA) is 24.4 Å². The number of aliphatic imine (C=N–C) groups is 1. The summed E-state index contributed by atoms with van der Waals surface area (Å²) in [6, 6.07) is 0. The molecule has 0 aromatic rings. The number of amidine groups is 1. The van der Waals surface area contributed by atoms with Crippen LogP contribution in [0.5, 0.6) is 0 Å². The quantitative estimate of drug-likeness (QED) is 0.828. The van der Waals surface area contributed by atoms with E-state index < -0.39 is 0 Å². The van der Waals surface area contributed by atoms with Crippen LogP contribution in [0.2, 0.25) is 0 Å². The molecule has 0 amide bonds. The molecule has 17 heavy (non-hydrogen) atoms. The van der Waals surface area contributed by atoms with Crippen LogP contribution in [0.15, 0.2) is 4.99 Å². The van der Waals surface area contributed by atoms with Crippen LogP contribution in [0, 0.1) is 5.41 Å². The smallest absolute Gasteiger partial charge is 0.156 e. The van der Waals surface area contributed by atoms with Gasteiger partial charge in [0.15, 0.2) is 5.17 Å². The fourth-order valence-corrected chi connectivity index (χ4v) is 3.54. The Morgan fingerprint density at radius 3 is 2.82 bits per heavy atom. The molecule has 1 heterocycles. The third kappa shape index (κ3) is 6.61. The molecular formula is C13H26N2S2. The minimum atomic E-state index is 0.413. The Labute approximate surface area is 115 Å². The monoisotopic (exact) mass is 274 g/mol. The molecule has 0 spiro atoms. The average Bonchev–Trinajstić information content (AvgIpc) is 2.62. The normalized spacial score (nSPS) is 22.4. The molecule has 2 unspecified atom stereocenters. The zero-order chi connectivity index (χ0) is 12.9. The second-order valence-corrected chi connectivity index (χ2v) is 8.48. The zero-order valence-electron chi connectivity index (χ0n) is 11.7. The van der Waals surface area contributed by atoms with Crippen LogP contribution in [0.4, 0.5) is 0 Å². The molecule has 0 bridgehead atoms. The van der Waals surface area contributed by atoms with E-state index >= 15 is 0 Å². The number of rotatable bonds is 5. The molecule has 0 radical (unpaired) electrons. The summed E-state index contributed by atoms with van der Waals surface area (Å²) in [4.78, 5) is 4.59. The molecule has 1 N–H and O–H groups in total. The van der Waals surface area contributed by atoms with Crippen molar-refractivity contribution in [3.63, 3.8) is 0 Å². The third-order valence-corrected chi connectivity index (χ3v) is 4.97. The molecule has 0 aromatic heterocycles. The van der Waals surface area contributed by atoms with Gasteiger partial charge in [0.25, 0.3) is 0 Å². The van der Waals surface area contributed by atoms with E-state index in [2.05, 4.69) is 44.3 Å². The highest BCUT2D eigenvalue weighted by atomic mass is 32.2. The van der Waals surface area contributed by atoms with Gasteiger partial charge in [-0.2, -0.15) is 11.8 Å². The predicted molar refractivity (Wildman–Crippen MR) is 83.3 cm³/mol. The standard InChI is InChI=1S/C13H26N2S2/c1-10(16-5)6-7-14-12-15-9-11(17-12)8-13(2,3)4/h10-11H,6-9H2,1-5H3,(H,14,15). The second kappa shape index (κ2) is 6.93. The Kier molecular flexibility index (Phi) is 6.21. The largest absolute Gasteiger partial charge is 0.365 e. The Morgan fingerprint density at radius 1 is 1.53 bits per heavy atom. The third-order valence-electron chi connectivity index (χ3n) is 2.79. The van der Waals surface area contributed by atoms with E-state index in [1.807, 2.05) is 23.5 Å². The first kappa shape index (κ1) is 15.2. The molecule has 100 valence electrons. The Bertz CT molecular complexity index is 259. The first-order valence-corrected chi connectivity index (χ1v) is 8.55. The minimum absolute atomic E-state index is 0.413. The summed E-state index contributed by atoms with van der Waals surface area (Å²) in [6.07, 6.45) is 4.63. The molecule has 0 aromatic carbocycles. The predicted octanol–water partition coefficient (Wildman–Crippen LogP) is 3.63. The van der Waals surface area contributed by atoms with Gasteiger partial charge in [-0.1, -0.05) is 39.5 Å². The van der Waals surface area contributed by atoms with Crippen LogP contribution >= 0.6 is 23.5 Å². The van der Waals surface area contributed by atoms with E-state index in [-0.39, 0.29) is 0 Å². The lowest BCUT2D eigenvalue weighted by Gasteiger charge is -2.21. The van der Waals surface area contributed by atoms with Crippen molar-refractivity contribution < 1.29 is 0 Å². The van der Waals surface area contributed by atoms with Gasteiger partial charge in [-0.25, -0.2) is 0 Å². The molecular weight excluding hydrogens is 248 g/mol. The maximum absolute atomic E-state index is 4.59. The van der Waals surface area contributed by atoms with Gasteiger partial charge in [0.05, 0.1) is 6.54 Å². The van der Waals surface area contributed by atoms with Crippen molar-refractivity contribution in [3.8, 4) is 0 Å². The number of thioether (sulfide) groups is 2. The molecule has 0 fully saturated rings. The Balaban J connectivity index is 2.17. The van der Waals surface area contributed by atoms with Crippen LogP contribution in [0.25, 0.3) is 0 Å². The summed E-state index contributed by atoms with van der Waals surface area (Å²) in [5.41, 5.74) is 0.413. The molecule has 1 rings (SSSR count). The van der Waals surface area contributed by atoms with Crippen LogP contribution in [-0.4, -0.2) is 35.0 Å². The van der Waals surface area contributed by atoms with Gasteiger partial charge in [0.1, 0.15) is 0 Å². The zero-order valence-corrected chi connectivity index (χ0v) is 13.4.